The van der Waals surface area contributed by atoms with Gasteiger partial charge in [-0.25, -0.2) is 4.98 Å². The van der Waals surface area contributed by atoms with Crippen molar-refractivity contribution in [1.82, 2.24) is 4.98 Å². The van der Waals surface area contributed by atoms with Crippen LogP contribution in [0, 0.1) is 32.1 Å². The number of hydrogen-bond donors (Lipinski definition) is 0. The Kier molecular flexibility index (Phi) is 2.72. The van der Waals surface area contributed by atoms with Crippen LogP contribution < -0.4 is 0 Å². The van der Waals surface area contributed by atoms with Crippen molar-refractivity contribution >= 4 is 11.3 Å². The van der Waals surface area contributed by atoms with E-state index in [0.29, 0.717) is 0 Å². The first-order valence-corrected chi connectivity index (χ1v) is 7.34. The standard InChI is InChI=1S/C16H16N2S/c1-10-4-5-11(2)13(8-10)15-18-12(3)14(19-15)16(9-17)6-7-16/h4-5,8H,6-7H2,1-3H3. The van der Waals surface area contributed by atoms with Crippen LogP contribution in [0.4, 0.5) is 0 Å². The summed E-state index contributed by atoms with van der Waals surface area (Å²) in [5.41, 5.74) is 4.50. The lowest BCUT2D eigenvalue weighted by atomic mass is 10.1. The van der Waals surface area contributed by atoms with Crippen LogP contribution >= 0.6 is 11.3 Å². The normalized spacial score (nSPS) is 16.1. The molecular formula is C16H16N2S. The fraction of sp³-hybridized carbons (Fsp3) is 0.375. The van der Waals surface area contributed by atoms with E-state index in [1.54, 1.807) is 11.3 Å². The van der Waals surface area contributed by atoms with Gasteiger partial charge in [0.05, 0.1) is 17.2 Å². The maximum absolute atomic E-state index is 9.34. The molecule has 1 fully saturated rings. The Balaban J connectivity index is 2.11. The van der Waals surface area contributed by atoms with Crippen LogP contribution in [0.2, 0.25) is 0 Å². The third-order valence-corrected chi connectivity index (χ3v) is 5.21. The molecule has 19 heavy (non-hydrogen) atoms. The Bertz CT molecular complexity index is 687. The molecule has 0 bridgehead atoms. The molecule has 1 saturated carbocycles. The van der Waals surface area contributed by atoms with Gasteiger partial charge in [-0.3, -0.25) is 0 Å². The summed E-state index contributed by atoms with van der Waals surface area (Å²) < 4.78 is 0. The van der Waals surface area contributed by atoms with Gasteiger partial charge in [0, 0.05) is 10.4 Å². The first-order valence-electron chi connectivity index (χ1n) is 6.52. The molecule has 1 aliphatic carbocycles. The number of benzene rings is 1. The van der Waals surface area contributed by atoms with Crippen LogP contribution in [0.1, 0.15) is 34.5 Å². The van der Waals surface area contributed by atoms with Crippen molar-refractivity contribution in [3.63, 3.8) is 0 Å². The van der Waals surface area contributed by atoms with Crippen LogP contribution in [-0.4, -0.2) is 4.98 Å². The van der Waals surface area contributed by atoms with Gasteiger partial charge in [0.2, 0.25) is 0 Å². The minimum absolute atomic E-state index is 0.224. The van der Waals surface area contributed by atoms with Crippen molar-refractivity contribution in [2.24, 2.45) is 0 Å². The molecule has 0 amide bonds. The van der Waals surface area contributed by atoms with Crippen molar-refractivity contribution in [2.75, 3.05) is 0 Å². The topological polar surface area (TPSA) is 36.7 Å². The molecule has 3 heteroatoms. The van der Waals surface area contributed by atoms with E-state index in [2.05, 4.69) is 38.1 Å². The van der Waals surface area contributed by atoms with E-state index in [-0.39, 0.29) is 5.41 Å². The molecule has 1 aromatic carbocycles. The molecular weight excluding hydrogens is 252 g/mol. The van der Waals surface area contributed by atoms with Gasteiger partial charge < -0.3 is 0 Å². The van der Waals surface area contributed by atoms with E-state index in [0.717, 1.165) is 23.5 Å². The number of aromatic nitrogens is 1. The van der Waals surface area contributed by atoms with E-state index < -0.39 is 0 Å². The molecule has 2 nitrogen and oxygen atoms in total. The minimum atomic E-state index is -0.224. The monoisotopic (exact) mass is 268 g/mol. The average Bonchev–Trinajstić information content (AvgIpc) is 3.10. The lowest BCUT2D eigenvalue weighted by molar-refractivity contribution is 0.914. The van der Waals surface area contributed by atoms with Crippen LogP contribution in [0.15, 0.2) is 18.2 Å². The second-order valence-corrected chi connectivity index (χ2v) is 6.44. The zero-order valence-electron chi connectivity index (χ0n) is 11.4. The van der Waals surface area contributed by atoms with Gasteiger partial charge in [0.25, 0.3) is 0 Å². The Morgan fingerprint density at radius 1 is 1.26 bits per heavy atom. The van der Waals surface area contributed by atoms with Crippen molar-refractivity contribution in [2.45, 2.75) is 39.0 Å². The molecule has 0 radical (unpaired) electrons. The van der Waals surface area contributed by atoms with Crippen LogP contribution in [0.3, 0.4) is 0 Å². The number of thiazole rings is 1. The molecule has 0 atom stereocenters. The highest BCUT2D eigenvalue weighted by Crippen LogP contribution is 2.51. The Morgan fingerprint density at radius 2 is 2.00 bits per heavy atom. The van der Waals surface area contributed by atoms with Gasteiger partial charge in [-0.15, -0.1) is 11.3 Å². The first kappa shape index (κ1) is 12.4. The van der Waals surface area contributed by atoms with E-state index in [4.69, 9.17) is 4.98 Å². The van der Waals surface area contributed by atoms with Crippen molar-refractivity contribution in [3.05, 3.63) is 39.9 Å². The van der Waals surface area contributed by atoms with Crippen LogP contribution in [0.5, 0.6) is 0 Å². The molecule has 0 saturated heterocycles. The summed E-state index contributed by atoms with van der Waals surface area (Å²) in [6, 6.07) is 8.91. The van der Waals surface area contributed by atoms with E-state index in [9.17, 15) is 5.26 Å². The molecule has 3 rings (SSSR count). The van der Waals surface area contributed by atoms with Gasteiger partial charge >= 0.3 is 0 Å². The molecule has 1 aliphatic rings. The van der Waals surface area contributed by atoms with Crippen LogP contribution in [-0.2, 0) is 5.41 Å². The van der Waals surface area contributed by atoms with Crippen molar-refractivity contribution in [1.29, 1.82) is 5.26 Å². The molecule has 2 aromatic rings. The summed E-state index contributed by atoms with van der Waals surface area (Å²) in [6.45, 7) is 6.24. The highest BCUT2D eigenvalue weighted by atomic mass is 32.1. The molecule has 0 spiro atoms. The zero-order valence-corrected chi connectivity index (χ0v) is 12.3. The summed E-state index contributed by atoms with van der Waals surface area (Å²) in [7, 11) is 0. The van der Waals surface area contributed by atoms with Gasteiger partial charge in [-0.2, -0.15) is 5.26 Å². The lowest BCUT2D eigenvalue weighted by Gasteiger charge is -2.03. The summed E-state index contributed by atoms with van der Waals surface area (Å²) in [5.74, 6) is 0. The predicted octanol–water partition coefficient (Wildman–Crippen LogP) is 4.29. The van der Waals surface area contributed by atoms with Gasteiger partial charge in [-0.05, 0) is 45.2 Å². The third-order valence-electron chi connectivity index (χ3n) is 3.82. The maximum atomic E-state index is 9.34. The summed E-state index contributed by atoms with van der Waals surface area (Å²) in [6.07, 6.45) is 1.97. The lowest BCUT2D eigenvalue weighted by Crippen LogP contribution is -2.01. The first-order chi connectivity index (χ1) is 9.05. The summed E-state index contributed by atoms with van der Waals surface area (Å²) in [4.78, 5) is 5.88. The quantitative estimate of drug-likeness (QED) is 0.814. The van der Waals surface area contributed by atoms with Crippen molar-refractivity contribution in [3.8, 4) is 16.6 Å². The number of nitriles is 1. The predicted molar refractivity (Wildman–Crippen MR) is 78.3 cm³/mol. The maximum Gasteiger partial charge on any atom is 0.124 e. The number of hydrogen-bond acceptors (Lipinski definition) is 3. The number of nitrogens with zero attached hydrogens (tertiary/aromatic N) is 2. The molecule has 1 heterocycles. The van der Waals surface area contributed by atoms with Gasteiger partial charge in [-0.1, -0.05) is 17.7 Å². The zero-order chi connectivity index (χ0) is 13.6. The molecule has 0 N–H and O–H groups in total. The molecule has 1 aromatic heterocycles. The Hall–Kier alpha value is -1.66. The highest BCUT2D eigenvalue weighted by Gasteiger charge is 2.47. The average molecular weight is 268 g/mol. The second kappa shape index (κ2) is 4.18. The molecule has 0 unspecified atom stereocenters. The third kappa shape index (κ3) is 1.97. The number of rotatable bonds is 2. The smallest absolute Gasteiger partial charge is 0.124 e. The minimum Gasteiger partial charge on any atom is -0.241 e. The fourth-order valence-electron chi connectivity index (χ4n) is 2.44. The van der Waals surface area contributed by atoms with Gasteiger partial charge in [0.1, 0.15) is 5.01 Å². The van der Waals surface area contributed by atoms with E-state index in [1.807, 2.05) is 6.92 Å². The van der Waals surface area contributed by atoms with E-state index in [1.165, 1.54) is 21.6 Å². The largest absolute Gasteiger partial charge is 0.241 e. The van der Waals surface area contributed by atoms with E-state index >= 15 is 0 Å². The second-order valence-electron chi connectivity index (χ2n) is 5.45. The SMILES string of the molecule is Cc1ccc(C)c(-c2nc(C)c(C3(C#N)CC3)s2)c1. The van der Waals surface area contributed by atoms with Crippen molar-refractivity contribution < 1.29 is 0 Å². The molecule has 96 valence electrons. The number of aryl methyl sites for hydroxylation is 3. The Morgan fingerprint density at radius 3 is 2.63 bits per heavy atom. The summed E-state index contributed by atoms with van der Waals surface area (Å²) >= 11 is 1.70. The summed E-state index contributed by atoms with van der Waals surface area (Å²) in [5, 5.41) is 10.4. The fourth-order valence-corrected chi connectivity index (χ4v) is 3.78. The van der Waals surface area contributed by atoms with Gasteiger partial charge in [0.15, 0.2) is 0 Å². The molecule has 0 aliphatic heterocycles. The van der Waals surface area contributed by atoms with Crippen LogP contribution in [0.25, 0.3) is 10.6 Å². The Labute approximate surface area is 117 Å². The highest BCUT2D eigenvalue weighted by molar-refractivity contribution is 7.15.